The summed E-state index contributed by atoms with van der Waals surface area (Å²) in [5, 5.41) is 2.07. The van der Waals surface area contributed by atoms with Crippen molar-refractivity contribution in [3.63, 3.8) is 0 Å². The Labute approximate surface area is 158 Å². The van der Waals surface area contributed by atoms with Crippen molar-refractivity contribution in [3.05, 3.63) is 73.7 Å². The molecule has 0 aliphatic heterocycles. The summed E-state index contributed by atoms with van der Waals surface area (Å²) in [7, 11) is -4.15. The van der Waals surface area contributed by atoms with E-state index < -0.39 is 25.3 Å². The van der Waals surface area contributed by atoms with Crippen LogP contribution in [0.15, 0.2) is 62.9 Å². The molecule has 0 bridgehead atoms. The molecule has 4 nitrogen and oxygen atoms in total. The van der Waals surface area contributed by atoms with E-state index in [0.29, 0.717) is 5.02 Å². The largest absolute Gasteiger partial charge is 0.310 e. The Kier molecular flexibility index (Phi) is 6.17. The molecule has 2 aromatic carbocycles. The van der Waals surface area contributed by atoms with Gasteiger partial charge in [0.25, 0.3) is 5.91 Å². The molecule has 2 rings (SSSR count). The molecule has 0 atom stereocenters. The number of hydrogen-bond acceptors (Lipinski definition) is 3. The Morgan fingerprint density at radius 1 is 0.917 bits per heavy atom. The maximum atomic E-state index is 12.6. The predicted molar refractivity (Wildman–Crippen MR) is 96.3 cm³/mol. The van der Waals surface area contributed by atoms with Crippen LogP contribution in [0, 0.1) is 0 Å². The van der Waals surface area contributed by atoms with Gasteiger partial charge in [-0.1, -0.05) is 58.5 Å². The van der Waals surface area contributed by atoms with Gasteiger partial charge >= 0.3 is 0 Å². The first-order valence-electron chi connectivity index (χ1n) is 6.35. The third-order valence-electron chi connectivity index (χ3n) is 2.91. The second kappa shape index (κ2) is 7.76. The van der Waals surface area contributed by atoms with Gasteiger partial charge in [0.2, 0.25) is 9.84 Å². The molecule has 0 spiro atoms. The number of hydrogen-bond donors (Lipinski definition) is 1. The highest BCUT2D eigenvalue weighted by molar-refractivity contribution is 7.95. The number of benzene rings is 2. The second-order valence-electron chi connectivity index (χ2n) is 4.48. The van der Waals surface area contributed by atoms with Crippen LogP contribution in [0.1, 0.15) is 10.4 Å². The molecule has 126 valence electrons. The molecule has 0 fully saturated rings. The Bertz CT molecular complexity index is 905. The molecule has 0 radical (unpaired) electrons. The van der Waals surface area contributed by atoms with Gasteiger partial charge in [-0.15, -0.1) is 0 Å². The van der Waals surface area contributed by atoms with Crippen molar-refractivity contribution in [2.24, 2.45) is 0 Å². The van der Waals surface area contributed by atoms with Gasteiger partial charge in [0.15, 0.2) is 5.03 Å². The normalized spacial score (nSPS) is 11.0. The summed E-state index contributed by atoms with van der Waals surface area (Å²) in [6, 6.07) is 11.5. The van der Waals surface area contributed by atoms with Gasteiger partial charge in [0.05, 0.1) is 15.5 Å². The first-order chi connectivity index (χ1) is 11.2. The third kappa shape index (κ3) is 4.23. The zero-order valence-corrected chi connectivity index (χ0v) is 15.6. The molecule has 24 heavy (non-hydrogen) atoms. The third-order valence-corrected chi connectivity index (χ3v) is 5.83. The van der Waals surface area contributed by atoms with Gasteiger partial charge in [-0.25, -0.2) is 8.42 Å². The minimum absolute atomic E-state index is 0.0811. The van der Waals surface area contributed by atoms with E-state index in [0.717, 1.165) is 0 Å². The van der Waals surface area contributed by atoms with Gasteiger partial charge in [-0.3, -0.25) is 4.79 Å². The standard InChI is InChI=1S/C15H9Cl4NO3S/c16-9-5-7-10(8-6-9)24(22,23)15(13(18)19)20-14(21)11-3-1-2-4-12(11)17/h1-8H,(H,20,21). The number of nitrogens with one attached hydrogen (secondary N) is 1. The lowest BCUT2D eigenvalue weighted by Crippen LogP contribution is -2.28. The van der Waals surface area contributed by atoms with E-state index in [4.69, 9.17) is 46.4 Å². The van der Waals surface area contributed by atoms with E-state index >= 15 is 0 Å². The van der Waals surface area contributed by atoms with Crippen LogP contribution >= 0.6 is 46.4 Å². The molecule has 2 aromatic rings. The fourth-order valence-electron chi connectivity index (χ4n) is 1.76. The molecule has 9 heteroatoms. The molecular weight excluding hydrogens is 416 g/mol. The lowest BCUT2D eigenvalue weighted by Gasteiger charge is -2.12. The van der Waals surface area contributed by atoms with Crippen LogP contribution < -0.4 is 5.32 Å². The molecule has 0 saturated carbocycles. The molecule has 1 N–H and O–H groups in total. The zero-order valence-electron chi connectivity index (χ0n) is 11.8. The predicted octanol–water partition coefficient (Wildman–Crippen LogP) is 4.80. The number of carbonyl (C=O) groups excluding carboxylic acids is 1. The molecule has 0 aromatic heterocycles. The van der Waals surface area contributed by atoms with Crippen molar-refractivity contribution in [2.75, 3.05) is 0 Å². The van der Waals surface area contributed by atoms with Crippen molar-refractivity contribution in [1.82, 2.24) is 5.32 Å². The average molecular weight is 425 g/mol. The highest BCUT2D eigenvalue weighted by Crippen LogP contribution is 2.26. The topological polar surface area (TPSA) is 63.2 Å². The lowest BCUT2D eigenvalue weighted by molar-refractivity contribution is 0.0968. The Morgan fingerprint density at radius 2 is 1.50 bits per heavy atom. The summed E-state index contributed by atoms with van der Waals surface area (Å²) in [4.78, 5) is 12.2. The van der Waals surface area contributed by atoms with Crippen molar-refractivity contribution < 1.29 is 13.2 Å². The first kappa shape index (κ1) is 19.1. The van der Waals surface area contributed by atoms with Crippen LogP contribution in [0.4, 0.5) is 0 Å². The van der Waals surface area contributed by atoms with Gasteiger partial charge in [-0.2, -0.15) is 0 Å². The first-order valence-corrected chi connectivity index (χ1v) is 9.35. The molecule has 0 saturated heterocycles. The van der Waals surface area contributed by atoms with Crippen LogP contribution in [-0.4, -0.2) is 14.3 Å². The fraction of sp³-hybridized carbons (Fsp3) is 0. The van der Waals surface area contributed by atoms with Gasteiger partial charge in [0.1, 0.15) is 4.49 Å². The summed E-state index contributed by atoms with van der Waals surface area (Å²) in [5.41, 5.74) is 0.0811. The molecule has 0 unspecified atom stereocenters. The average Bonchev–Trinajstić information content (AvgIpc) is 2.52. The molecular formula is C15H9Cl4NO3S. The van der Waals surface area contributed by atoms with E-state index in [9.17, 15) is 13.2 Å². The maximum Gasteiger partial charge on any atom is 0.257 e. The van der Waals surface area contributed by atoms with Gasteiger partial charge in [-0.05, 0) is 36.4 Å². The number of amides is 1. The van der Waals surface area contributed by atoms with E-state index in [1.807, 2.05) is 0 Å². The fourth-order valence-corrected chi connectivity index (χ4v) is 3.98. The molecule has 1 amide bonds. The number of rotatable bonds is 4. The quantitative estimate of drug-likeness (QED) is 0.766. The lowest BCUT2D eigenvalue weighted by atomic mass is 10.2. The van der Waals surface area contributed by atoms with Crippen molar-refractivity contribution in [2.45, 2.75) is 4.90 Å². The second-order valence-corrected chi connectivity index (χ2v) is 8.16. The monoisotopic (exact) mass is 423 g/mol. The smallest absolute Gasteiger partial charge is 0.257 e. The van der Waals surface area contributed by atoms with Crippen molar-refractivity contribution in [3.8, 4) is 0 Å². The van der Waals surface area contributed by atoms with Crippen LogP contribution in [-0.2, 0) is 9.84 Å². The van der Waals surface area contributed by atoms with E-state index in [2.05, 4.69) is 5.32 Å². The summed E-state index contributed by atoms with van der Waals surface area (Å²) >= 11 is 23.0. The van der Waals surface area contributed by atoms with Gasteiger partial charge < -0.3 is 5.32 Å². The summed E-state index contributed by atoms with van der Waals surface area (Å²) < 4.78 is 24.6. The van der Waals surface area contributed by atoms with E-state index in [1.54, 1.807) is 12.1 Å². The highest BCUT2D eigenvalue weighted by atomic mass is 35.5. The van der Waals surface area contributed by atoms with Crippen LogP contribution in [0.3, 0.4) is 0 Å². The minimum Gasteiger partial charge on any atom is -0.310 e. The summed E-state index contributed by atoms with van der Waals surface area (Å²) in [6.07, 6.45) is 0. The Balaban J connectivity index is 2.41. The van der Waals surface area contributed by atoms with Crippen LogP contribution in [0.2, 0.25) is 10.0 Å². The minimum atomic E-state index is -4.15. The maximum absolute atomic E-state index is 12.6. The van der Waals surface area contributed by atoms with Crippen molar-refractivity contribution in [1.29, 1.82) is 0 Å². The number of carbonyl (C=O) groups is 1. The van der Waals surface area contributed by atoms with E-state index in [1.165, 1.54) is 36.4 Å². The molecule has 0 aliphatic rings. The van der Waals surface area contributed by atoms with Crippen LogP contribution in [0.5, 0.6) is 0 Å². The van der Waals surface area contributed by atoms with Crippen molar-refractivity contribution >= 4 is 62.1 Å². The summed E-state index contributed by atoms with van der Waals surface area (Å²) in [5.74, 6) is -0.757. The molecule has 0 aliphatic carbocycles. The molecule has 0 heterocycles. The Morgan fingerprint density at radius 3 is 2.04 bits per heavy atom. The highest BCUT2D eigenvalue weighted by Gasteiger charge is 2.26. The van der Waals surface area contributed by atoms with Crippen LogP contribution in [0.25, 0.3) is 0 Å². The Hall–Kier alpha value is -1.24. The summed E-state index contributed by atoms with van der Waals surface area (Å²) in [6.45, 7) is 0. The SMILES string of the molecule is O=C(NC(=C(Cl)Cl)S(=O)(=O)c1ccc(Cl)cc1)c1ccccc1Cl. The van der Waals surface area contributed by atoms with E-state index in [-0.39, 0.29) is 15.5 Å². The number of sulfone groups is 1. The number of halogens is 4. The zero-order chi connectivity index (χ0) is 17.9. The van der Waals surface area contributed by atoms with Gasteiger partial charge in [0, 0.05) is 5.02 Å².